The molecule has 0 unspecified atom stereocenters. The van der Waals surface area contributed by atoms with Crippen molar-refractivity contribution in [3.05, 3.63) is 24.8 Å². The number of aromatic nitrogens is 4. The predicted octanol–water partition coefficient (Wildman–Crippen LogP) is 3.99. The summed E-state index contributed by atoms with van der Waals surface area (Å²) in [5.41, 5.74) is 3.00. The maximum absolute atomic E-state index is 11.9. The van der Waals surface area contributed by atoms with Crippen LogP contribution in [0.15, 0.2) is 24.8 Å². The molecule has 0 amide bonds. The van der Waals surface area contributed by atoms with Gasteiger partial charge in [-0.15, -0.1) is 0 Å². The minimum Gasteiger partial charge on any atom is -0.463 e. The highest BCUT2D eigenvalue weighted by Gasteiger charge is 2.26. The Morgan fingerprint density at radius 1 is 1.32 bits per heavy atom. The normalized spacial score (nSPS) is 21.2. The largest absolute Gasteiger partial charge is 0.463 e. The molecule has 1 N–H and O–H groups in total. The Hall–Kier alpha value is -2.37. The summed E-state index contributed by atoms with van der Waals surface area (Å²) in [7, 11) is 0. The molecule has 0 bridgehead atoms. The smallest absolute Gasteiger partial charge is 0.306 e. The van der Waals surface area contributed by atoms with Crippen LogP contribution in [0, 0.1) is 5.92 Å². The number of ether oxygens (including phenoxy) is 1. The Morgan fingerprint density at radius 3 is 2.88 bits per heavy atom. The van der Waals surface area contributed by atoms with E-state index in [-0.39, 0.29) is 12.1 Å². The Labute approximate surface area is 146 Å². The molecule has 0 saturated heterocycles. The third-order valence-electron chi connectivity index (χ3n) is 5.15. The Bertz CT molecular complexity index is 887. The van der Waals surface area contributed by atoms with Gasteiger partial charge < -0.3 is 14.3 Å². The molecule has 132 valence electrons. The third-order valence-corrected chi connectivity index (χ3v) is 5.15. The van der Waals surface area contributed by atoms with Gasteiger partial charge in [-0.2, -0.15) is 0 Å². The quantitative estimate of drug-likeness (QED) is 0.729. The third kappa shape index (κ3) is 3.13. The highest BCUT2D eigenvalue weighted by atomic mass is 16.5. The van der Waals surface area contributed by atoms with Gasteiger partial charge in [0.15, 0.2) is 0 Å². The molecule has 1 aliphatic rings. The minimum absolute atomic E-state index is 0.0291. The van der Waals surface area contributed by atoms with E-state index in [0.717, 1.165) is 47.8 Å². The van der Waals surface area contributed by atoms with Crippen LogP contribution < -0.4 is 0 Å². The molecule has 0 aromatic carbocycles. The number of imidazole rings is 1. The fourth-order valence-corrected chi connectivity index (χ4v) is 3.98. The van der Waals surface area contributed by atoms with Crippen LogP contribution >= 0.6 is 0 Å². The number of hydrogen-bond acceptors (Lipinski definition) is 4. The van der Waals surface area contributed by atoms with Gasteiger partial charge in [0.1, 0.15) is 11.2 Å². The number of carbonyl (C=O) groups excluding carboxylic acids is 1. The maximum atomic E-state index is 11.9. The van der Waals surface area contributed by atoms with Crippen molar-refractivity contribution in [1.82, 2.24) is 19.5 Å². The molecule has 3 aromatic rings. The van der Waals surface area contributed by atoms with E-state index in [1.807, 2.05) is 32.6 Å². The molecule has 6 nitrogen and oxygen atoms in total. The Morgan fingerprint density at radius 2 is 2.12 bits per heavy atom. The van der Waals surface area contributed by atoms with Crippen LogP contribution in [0.5, 0.6) is 0 Å². The average molecular weight is 340 g/mol. The van der Waals surface area contributed by atoms with Crippen LogP contribution in [0.2, 0.25) is 0 Å². The van der Waals surface area contributed by atoms with E-state index in [1.165, 1.54) is 0 Å². The van der Waals surface area contributed by atoms with E-state index in [2.05, 4.69) is 25.6 Å². The van der Waals surface area contributed by atoms with Crippen LogP contribution in [-0.2, 0) is 9.53 Å². The first-order valence-electron chi connectivity index (χ1n) is 9.10. The summed E-state index contributed by atoms with van der Waals surface area (Å²) in [6.45, 7) is 3.80. The molecular formula is C19H24N4O2. The van der Waals surface area contributed by atoms with Crippen LogP contribution in [0.4, 0.5) is 0 Å². The lowest BCUT2D eigenvalue weighted by Gasteiger charge is -2.29. The SMILES string of the molecule is CC(C)OC(=O)CC1CCC(n2cnc3cnc4[nH]ccc4c32)CC1. The summed E-state index contributed by atoms with van der Waals surface area (Å²) >= 11 is 0. The van der Waals surface area contributed by atoms with Gasteiger partial charge in [0.2, 0.25) is 0 Å². The number of nitrogens with zero attached hydrogens (tertiary/aromatic N) is 3. The number of H-pyrrole nitrogens is 1. The standard InChI is InChI=1S/C19H24N4O2/c1-12(2)25-17(24)9-13-3-5-14(6-4-13)23-11-22-16-10-21-19-15(18(16)23)7-8-20-19/h7-8,10-14H,3-6,9H2,1-2H3,(H,20,21). The molecule has 3 aromatic heterocycles. The lowest BCUT2D eigenvalue weighted by molar-refractivity contribution is -0.148. The maximum Gasteiger partial charge on any atom is 0.306 e. The second-order valence-electron chi connectivity index (χ2n) is 7.30. The number of nitrogens with one attached hydrogen (secondary N) is 1. The second kappa shape index (κ2) is 6.50. The first-order chi connectivity index (χ1) is 12.1. The fourth-order valence-electron chi connectivity index (χ4n) is 3.98. The topological polar surface area (TPSA) is 72.8 Å². The van der Waals surface area contributed by atoms with Gasteiger partial charge in [0.25, 0.3) is 0 Å². The molecule has 0 radical (unpaired) electrons. The highest BCUT2D eigenvalue weighted by molar-refractivity contribution is 6.00. The van der Waals surface area contributed by atoms with Crippen LogP contribution in [0.1, 0.15) is 52.0 Å². The summed E-state index contributed by atoms with van der Waals surface area (Å²) in [5, 5.41) is 1.12. The zero-order valence-electron chi connectivity index (χ0n) is 14.7. The summed E-state index contributed by atoms with van der Waals surface area (Å²) in [4.78, 5) is 24.0. The van der Waals surface area contributed by atoms with Gasteiger partial charge in [0, 0.05) is 24.0 Å². The van der Waals surface area contributed by atoms with Gasteiger partial charge in [0.05, 0.1) is 24.1 Å². The van der Waals surface area contributed by atoms with Crippen LogP contribution in [0.25, 0.3) is 22.1 Å². The molecule has 3 heterocycles. The van der Waals surface area contributed by atoms with E-state index < -0.39 is 0 Å². The van der Waals surface area contributed by atoms with Gasteiger partial charge in [-0.1, -0.05) is 0 Å². The Balaban J connectivity index is 1.49. The van der Waals surface area contributed by atoms with Crippen molar-refractivity contribution in [2.45, 2.75) is 58.1 Å². The predicted molar refractivity (Wildman–Crippen MR) is 96.2 cm³/mol. The zero-order valence-corrected chi connectivity index (χ0v) is 14.7. The van der Waals surface area contributed by atoms with Crippen LogP contribution in [0.3, 0.4) is 0 Å². The van der Waals surface area contributed by atoms with Crippen molar-refractivity contribution >= 4 is 28.0 Å². The molecule has 1 fully saturated rings. The molecule has 0 aliphatic heterocycles. The van der Waals surface area contributed by atoms with Gasteiger partial charge in [-0.3, -0.25) is 4.79 Å². The van der Waals surface area contributed by atoms with Crippen molar-refractivity contribution < 1.29 is 9.53 Å². The molecule has 0 spiro atoms. The molecule has 4 rings (SSSR count). The minimum atomic E-state index is -0.0633. The van der Waals surface area contributed by atoms with E-state index >= 15 is 0 Å². The summed E-state index contributed by atoms with van der Waals surface area (Å²) in [5.74, 6) is 0.373. The molecule has 25 heavy (non-hydrogen) atoms. The number of pyridine rings is 1. The monoisotopic (exact) mass is 340 g/mol. The summed E-state index contributed by atoms with van der Waals surface area (Å²) in [6.07, 6.45) is 10.5. The van der Waals surface area contributed by atoms with E-state index in [9.17, 15) is 4.79 Å². The average Bonchev–Trinajstić information content (AvgIpc) is 3.20. The van der Waals surface area contributed by atoms with E-state index in [0.29, 0.717) is 18.4 Å². The van der Waals surface area contributed by atoms with Crippen molar-refractivity contribution in [3.8, 4) is 0 Å². The number of hydrogen-bond donors (Lipinski definition) is 1. The first kappa shape index (κ1) is 16.1. The number of fused-ring (bicyclic) bond motifs is 3. The van der Waals surface area contributed by atoms with E-state index in [4.69, 9.17) is 4.74 Å². The molecular weight excluding hydrogens is 316 g/mol. The molecule has 1 saturated carbocycles. The zero-order chi connectivity index (χ0) is 17.4. The lowest BCUT2D eigenvalue weighted by atomic mass is 9.84. The number of carbonyl (C=O) groups is 1. The molecule has 6 heteroatoms. The molecule has 0 atom stereocenters. The summed E-state index contributed by atoms with van der Waals surface area (Å²) < 4.78 is 7.59. The van der Waals surface area contributed by atoms with Gasteiger partial charge in [-0.25, -0.2) is 9.97 Å². The number of esters is 1. The van der Waals surface area contributed by atoms with Crippen LogP contribution in [-0.4, -0.2) is 31.6 Å². The van der Waals surface area contributed by atoms with Crippen molar-refractivity contribution in [3.63, 3.8) is 0 Å². The number of rotatable bonds is 4. The summed E-state index contributed by atoms with van der Waals surface area (Å²) in [6, 6.07) is 2.50. The second-order valence-corrected chi connectivity index (χ2v) is 7.30. The first-order valence-corrected chi connectivity index (χ1v) is 9.10. The highest BCUT2D eigenvalue weighted by Crippen LogP contribution is 2.36. The Kier molecular flexibility index (Phi) is 4.19. The fraction of sp³-hybridized carbons (Fsp3) is 0.526. The number of aromatic amines is 1. The van der Waals surface area contributed by atoms with Crippen molar-refractivity contribution in [2.24, 2.45) is 5.92 Å². The van der Waals surface area contributed by atoms with Gasteiger partial charge in [-0.05, 0) is 51.5 Å². The lowest BCUT2D eigenvalue weighted by Crippen LogP contribution is -2.21. The van der Waals surface area contributed by atoms with Crippen molar-refractivity contribution in [2.75, 3.05) is 0 Å². The van der Waals surface area contributed by atoms with E-state index in [1.54, 1.807) is 0 Å². The molecule has 1 aliphatic carbocycles. The van der Waals surface area contributed by atoms with Crippen molar-refractivity contribution in [1.29, 1.82) is 0 Å². The van der Waals surface area contributed by atoms with Gasteiger partial charge >= 0.3 is 5.97 Å².